The van der Waals surface area contributed by atoms with E-state index in [1.165, 1.54) is 70.1 Å². The molecule has 12 nitrogen and oxygen atoms in total. The van der Waals surface area contributed by atoms with Crippen molar-refractivity contribution in [1.29, 1.82) is 0 Å². The van der Waals surface area contributed by atoms with Crippen LogP contribution in [0.25, 0.3) is 0 Å². The molecule has 0 aromatic heterocycles. The van der Waals surface area contributed by atoms with E-state index in [0.29, 0.717) is 11.4 Å². The van der Waals surface area contributed by atoms with Gasteiger partial charge in [-0.05, 0) is 24.3 Å². The Labute approximate surface area is 190 Å². The minimum absolute atomic E-state index is 0.0896. The second-order valence-electron chi connectivity index (χ2n) is 6.37. The molecule has 32 heavy (non-hydrogen) atoms. The Kier molecular flexibility index (Phi) is 9.39. The van der Waals surface area contributed by atoms with Crippen molar-refractivity contribution in [1.82, 2.24) is 0 Å². The van der Waals surface area contributed by atoms with Crippen LogP contribution in [-0.2, 0) is 9.59 Å². The summed E-state index contributed by atoms with van der Waals surface area (Å²) < 4.78 is 0. The Morgan fingerprint density at radius 3 is 1.34 bits per heavy atom. The van der Waals surface area contributed by atoms with Crippen molar-refractivity contribution in [2.45, 2.75) is 12.1 Å². The molecule has 0 saturated heterocycles. The molecular formula is C18H20N6O6S2. The van der Waals surface area contributed by atoms with Crippen LogP contribution in [0, 0.1) is 20.2 Å². The van der Waals surface area contributed by atoms with Gasteiger partial charge in [0.1, 0.15) is 0 Å². The lowest BCUT2D eigenvalue weighted by Gasteiger charge is -2.13. The highest BCUT2D eigenvalue weighted by Gasteiger charge is 2.17. The normalized spacial score (nSPS) is 12.4. The number of hydrogen-bond donors (Lipinski definition) is 4. The summed E-state index contributed by atoms with van der Waals surface area (Å²) in [6.07, 6.45) is 0. The number of nitro groups is 2. The maximum atomic E-state index is 12.1. The van der Waals surface area contributed by atoms with Gasteiger partial charge < -0.3 is 22.1 Å². The second kappa shape index (κ2) is 12.0. The fourth-order valence-electron chi connectivity index (χ4n) is 2.20. The molecule has 2 rings (SSSR count). The second-order valence-corrected chi connectivity index (χ2v) is 8.92. The predicted octanol–water partition coefficient (Wildman–Crippen LogP) is 2.12. The minimum atomic E-state index is -0.840. The Bertz CT molecular complexity index is 893. The van der Waals surface area contributed by atoms with Gasteiger partial charge >= 0.3 is 0 Å². The number of non-ortho nitro benzene ring substituents is 2. The van der Waals surface area contributed by atoms with Crippen LogP contribution in [0.2, 0.25) is 0 Å². The van der Waals surface area contributed by atoms with E-state index in [1.54, 1.807) is 0 Å². The summed E-state index contributed by atoms with van der Waals surface area (Å²) in [6, 6.07) is 9.05. The molecule has 14 heteroatoms. The third-order valence-corrected chi connectivity index (χ3v) is 6.42. The number of nitrogens with one attached hydrogen (secondary N) is 2. The van der Waals surface area contributed by atoms with E-state index in [4.69, 9.17) is 11.5 Å². The summed E-state index contributed by atoms with van der Waals surface area (Å²) in [4.78, 5) is 44.4. The van der Waals surface area contributed by atoms with Crippen molar-refractivity contribution in [3.63, 3.8) is 0 Å². The Morgan fingerprint density at radius 2 is 1.06 bits per heavy atom. The predicted molar refractivity (Wildman–Crippen MR) is 124 cm³/mol. The summed E-state index contributed by atoms with van der Waals surface area (Å²) >= 11 is 0. The number of amides is 2. The maximum Gasteiger partial charge on any atom is 0.269 e. The fourth-order valence-corrected chi connectivity index (χ4v) is 4.44. The molecule has 0 aliphatic heterocycles. The molecule has 2 atom stereocenters. The zero-order chi connectivity index (χ0) is 23.7. The van der Waals surface area contributed by atoms with Gasteiger partial charge in [-0.15, -0.1) is 0 Å². The third kappa shape index (κ3) is 7.81. The van der Waals surface area contributed by atoms with Crippen LogP contribution in [0.15, 0.2) is 48.5 Å². The van der Waals surface area contributed by atoms with Gasteiger partial charge in [-0.2, -0.15) is 0 Å². The zero-order valence-electron chi connectivity index (χ0n) is 16.5. The smallest absolute Gasteiger partial charge is 0.269 e. The van der Waals surface area contributed by atoms with Gasteiger partial charge in [0.15, 0.2) is 0 Å². The van der Waals surface area contributed by atoms with Crippen LogP contribution in [0.4, 0.5) is 22.7 Å². The van der Waals surface area contributed by atoms with Gasteiger partial charge in [0, 0.05) is 47.1 Å². The van der Waals surface area contributed by atoms with Gasteiger partial charge in [0.2, 0.25) is 11.8 Å². The van der Waals surface area contributed by atoms with Crippen LogP contribution >= 0.6 is 21.6 Å². The van der Waals surface area contributed by atoms with Crippen molar-refractivity contribution in [3.05, 3.63) is 68.8 Å². The van der Waals surface area contributed by atoms with Crippen LogP contribution in [-0.4, -0.2) is 45.3 Å². The van der Waals surface area contributed by atoms with E-state index in [9.17, 15) is 29.8 Å². The molecule has 0 saturated carbocycles. The first-order chi connectivity index (χ1) is 15.2. The largest absolute Gasteiger partial charge is 0.325 e. The summed E-state index contributed by atoms with van der Waals surface area (Å²) in [6.45, 7) is 0. The van der Waals surface area contributed by atoms with Gasteiger partial charge in [0.25, 0.3) is 11.4 Å². The molecule has 0 fully saturated rings. The Morgan fingerprint density at radius 1 is 0.750 bits per heavy atom. The van der Waals surface area contributed by atoms with Crippen molar-refractivity contribution >= 4 is 56.2 Å². The highest BCUT2D eigenvalue weighted by molar-refractivity contribution is 8.76. The number of carbonyl (C=O) groups is 2. The first-order valence-electron chi connectivity index (χ1n) is 9.03. The number of anilines is 2. The van der Waals surface area contributed by atoms with Crippen molar-refractivity contribution < 1.29 is 19.4 Å². The standard InChI is InChI=1S/C18H20N6O6S2/c19-15(17(25)21-11-1-5-13(6-2-11)23(27)28)9-31-32-10-16(20)18(26)22-12-3-7-14(8-4-12)24(29)30/h1-8,15-16H,9-10,19-20H2,(H,21,25)(H,22,26)/t15-,16-/m0/s1. The molecular weight excluding hydrogens is 460 g/mol. The minimum Gasteiger partial charge on any atom is -0.325 e. The number of carbonyl (C=O) groups excluding carboxylic acids is 2. The zero-order valence-corrected chi connectivity index (χ0v) is 18.1. The quantitative estimate of drug-likeness (QED) is 0.160. The molecule has 2 amide bonds. The third-order valence-electron chi connectivity index (χ3n) is 3.94. The van der Waals surface area contributed by atoms with Gasteiger partial charge in [-0.25, -0.2) is 0 Å². The topological polar surface area (TPSA) is 197 Å². The number of benzene rings is 2. The lowest BCUT2D eigenvalue weighted by molar-refractivity contribution is -0.385. The number of rotatable bonds is 11. The van der Waals surface area contributed by atoms with Gasteiger partial charge in [-0.1, -0.05) is 21.6 Å². The van der Waals surface area contributed by atoms with E-state index in [2.05, 4.69) is 10.6 Å². The molecule has 0 heterocycles. The molecule has 0 spiro atoms. The number of hydrogen-bond acceptors (Lipinski definition) is 10. The monoisotopic (exact) mass is 480 g/mol. The van der Waals surface area contributed by atoms with Crippen LogP contribution < -0.4 is 22.1 Å². The average Bonchev–Trinajstić information content (AvgIpc) is 2.77. The average molecular weight is 481 g/mol. The molecule has 0 aliphatic rings. The summed E-state index contributed by atoms with van der Waals surface area (Å²) in [5, 5.41) is 26.4. The molecule has 0 radical (unpaired) electrons. The molecule has 2 aromatic rings. The molecule has 0 bridgehead atoms. The van der Waals surface area contributed by atoms with Gasteiger partial charge in [0.05, 0.1) is 21.9 Å². The van der Waals surface area contributed by atoms with Crippen LogP contribution in [0.1, 0.15) is 0 Å². The first-order valence-corrected chi connectivity index (χ1v) is 11.5. The summed E-state index contributed by atoms with van der Waals surface area (Å²) in [5.41, 5.74) is 12.3. The molecule has 170 valence electrons. The fraction of sp³-hybridized carbons (Fsp3) is 0.222. The maximum absolute atomic E-state index is 12.1. The SMILES string of the molecule is N[C@@H](CSSC[C@H](N)C(=O)Nc1ccc([N+](=O)[O-])cc1)C(=O)Nc1ccc([N+](=O)[O-])cc1. The molecule has 0 unspecified atom stereocenters. The summed E-state index contributed by atoms with van der Waals surface area (Å²) in [5.74, 6) is -0.403. The van der Waals surface area contributed by atoms with E-state index in [-0.39, 0.29) is 22.9 Å². The Balaban J connectivity index is 1.69. The first kappa shape index (κ1) is 25.1. The Hall–Kier alpha value is -3.20. The van der Waals surface area contributed by atoms with E-state index >= 15 is 0 Å². The number of nitrogens with two attached hydrogens (primary N) is 2. The lowest BCUT2D eigenvalue weighted by Crippen LogP contribution is -2.38. The summed E-state index contributed by atoms with van der Waals surface area (Å²) in [7, 11) is 2.54. The van der Waals surface area contributed by atoms with Crippen LogP contribution in [0.5, 0.6) is 0 Å². The molecule has 6 N–H and O–H groups in total. The van der Waals surface area contributed by atoms with Crippen molar-refractivity contribution in [2.75, 3.05) is 22.1 Å². The van der Waals surface area contributed by atoms with E-state index in [1.807, 2.05) is 0 Å². The highest BCUT2D eigenvalue weighted by atomic mass is 33.1. The van der Waals surface area contributed by atoms with Gasteiger partial charge in [-0.3, -0.25) is 29.8 Å². The van der Waals surface area contributed by atoms with Crippen molar-refractivity contribution in [3.8, 4) is 0 Å². The number of nitro benzene ring substituents is 2. The van der Waals surface area contributed by atoms with E-state index in [0.717, 1.165) is 0 Å². The molecule has 2 aromatic carbocycles. The van der Waals surface area contributed by atoms with E-state index < -0.39 is 33.7 Å². The van der Waals surface area contributed by atoms with Crippen LogP contribution in [0.3, 0.4) is 0 Å². The van der Waals surface area contributed by atoms with Crippen molar-refractivity contribution in [2.24, 2.45) is 11.5 Å². The lowest BCUT2D eigenvalue weighted by atomic mass is 10.2. The molecule has 0 aliphatic carbocycles. The number of nitrogens with zero attached hydrogens (tertiary/aromatic N) is 2. The highest BCUT2D eigenvalue weighted by Crippen LogP contribution is 2.23.